The molecule has 1 saturated heterocycles. The molecule has 1 aliphatic carbocycles. The molecule has 0 aromatic heterocycles. The highest BCUT2D eigenvalue weighted by molar-refractivity contribution is 5.97. The van der Waals surface area contributed by atoms with Crippen LogP contribution in [-0.2, 0) is 0 Å². The molecule has 3 nitrogen and oxygen atoms in total. The summed E-state index contributed by atoms with van der Waals surface area (Å²) in [5, 5.41) is 9.92. The van der Waals surface area contributed by atoms with Crippen molar-refractivity contribution >= 4 is 5.78 Å². The largest absolute Gasteiger partial charge is 0.393 e. The lowest BCUT2D eigenvalue weighted by Crippen LogP contribution is -2.27. The molecular weight excluding hydrogens is 250 g/mol. The minimum atomic E-state index is -0.114. The number of fused-ring (bicyclic) bond motifs is 1. The van der Waals surface area contributed by atoms with Gasteiger partial charge in [0.15, 0.2) is 5.78 Å². The van der Waals surface area contributed by atoms with Gasteiger partial charge in [-0.3, -0.25) is 4.79 Å². The molecular formula is C17H23NO2. The van der Waals surface area contributed by atoms with Crippen molar-refractivity contribution in [1.82, 2.24) is 4.90 Å². The van der Waals surface area contributed by atoms with Crippen LogP contribution in [0.2, 0.25) is 0 Å². The number of hydrogen-bond acceptors (Lipinski definition) is 3. The Kier molecular flexibility index (Phi) is 3.90. The quantitative estimate of drug-likeness (QED) is 0.856. The molecule has 1 saturated carbocycles. The minimum absolute atomic E-state index is 0.114. The van der Waals surface area contributed by atoms with Crippen LogP contribution in [0.3, 0.4) is 0 Å². The molecule has 0 amide bonds. The molecule has 3 heteroatoms. The van der Waals surface area contributed by atoms with Gasteiger partial charge < -0.3 is 10.0 Å². The fourth-order valence-electron chi connectivity index (χ4n) is 3.79. The Labute approximate surface area is 120 Å². The van der Waals surface area contributed by atoms with Gasteiger partial charge in [0.25, 0.3) is 0 Å². The normalized spacial score (nSPS) is 29.6. The fourth-order valence-corrected chi connectivity index (χ4v) is 3.79. The van der Waals surface area contributed by atoms with Gasteiger partial charge in [-0.05, 0) is 31.2 Å². The van der Waals surface area contributed by atoms with Crippen LogP contribution in [0.25, 0.3) is 0 Å². The Morgan fingerprint density at radius 1 is 1.30 bits per heavy atom. The summed E-state index contributed by atoms with van der Waals surface area (Å²) in [7, 11) is 0. The maximum absolute atomic E-state index is 12.3. The third-order valence-corrected chi connectivity index (χ3v) is 5.00. The van der Waals surface area contributed by atoms with E-state index >= 15 is 0 Å². The summed E-state index contributed by atoms with van der Waals surface area (Å²) in [4.78, 5) is 14.6. The van der Waals surface area contributed by atoms with Crippen molar-refractivity contribution in [2.24, 2.45) is 11.8 Å². The Morgan fingerprint density at radius 2 is 2.10 bits per heavy atom. The summed E-state index contributed by atoms with van der Waals surface area (Å²) in [6, 6.07) is 7.80. The van der Waals surface area contributed by atoms with E-state index in [4.69, 9.17) is 0 Å². The van der Waals surface area contributed by atoms with Crippen molar-refractivity contribution in [1.29, 1.82) is 0 Å². The molecule has 2 aliphatic rings. The Balaban J connectivity index is 1.53. The van der Waals surface area contributed by atoms with Gasteiger partial charge in [-0.25, -0.2) is 0 Å². The number of nitrogens with zero attached hydrogens (tertiary/aromatic N) is 1. The number of benzene rings is 1. The Hall–Kier alpha value is -1.19. The third-order valence-electron chi connectivity index (χ3n) is 5.00. The van der Waals surface area contributed by atoms with Crippen LogP contribution in [0.5, 0.6) is 0 Å². The fraction of sp³-hybridized carbons (Fsp3) is 0.588. The van der Waals surface area contributed by atoms with E-state index in [0.29, 0.717) is 18.3 Å². The lowest BCUT2D eigenvalue weighted by molar-refractivity contribution is 0.0961. The second-order valence-corrected chi connectivity index (χ2v) is 6.32. The van der Waals surface area contributed by atoms with E-state index in [-0.39, 0.29) is 11.9 Å². The molecule has 1 N–H and O–H groups in total. The van der Waals surface area contributed by atoms with Crippen molar-refractivity contribution in [2.75, 3.05) is 19.6 Å². The van der Waals surface area contributed by atoms with Crippen LogP contribution in [0.15, 0.2) is 24.3 Å². The first kappa shape index (κ1) is 13.8. The lowest BCUT2D eigenvalue weighted by atomic mass is 10.00. The van der Waals surface area contributed by atoms with E-state index < -0.39 is 0 Å². The van der Waals surface area contributed by atoms with Crippen LogP contribution >= 0.6 is 0 Å². The van der Waals surface area contributed by atoms with E-state index in [0.717, 1.165) is 43.6 Å². The van der Waals surface area contributed by atoms with Gasteiger partial charge in [0.05, 0.1) is 6.10 Å². The highest BCUT2D eigenvalue weighted by atomic mass is 16.3. The number of carbonyl (C=O) groups excluding carboxylic acids is 1. The molecule has 0 radical (unpaired) electrons. The zero-order valence-electron chi connectivity index (χ0n) is 12.1. The van der Waals surface area contributed by atoms with Crippen LogP contribution in [0, 0.1) is 18.8 Å². The van der Waals surface area contributed by atoms with Gasteiger partial charge in [-0.15, -0.1) is 0 Å². The number of ketones is 1. The number of carbonyl (C=O) groups is 1. The Morgan fingerprint density at radius 3 is 2.85 bits per heavy atom. The van der Waals surface area contributed by atoms with Gasteiger partial charge in [0.1, 0.15) is 0 Å². The topological polar surface area (TPSA) is 40.5 Å². The molecule has 1 aromatic rings. The van der Waals surface area contributed by atoms with Crippen molar-refractivity contribution < 1.29 is 9.90 Å². The lowest BCUT2D eigenvalue weighted by Gasteiger charge is -2.17. The molecule has 0 spiro atoms. The van der Waals surface area contributed by atoms with E-state index in [9.17, 15) is 9.90 Å². The molecule has 1 heterocycles. The van der Waals surface area contributed by atoms with E-state index in [2.05, 4.69) is 4.90 Å². The van der Waals surface area contributed by atoms with Gasteiger partial charge in [0, 0.05) is 37.5 Å². The molecule has 3 rings (SSSR count). The van der Waals surface area contributed by atoms with E-state index in [1.165, 1.54) is 0 Å². The average molecular weight is 273 g/mol. The summed E-state index contributed by atoms with van der Waals surface area (Å²) >= 11 is 0. The van der Waals surface area contributed by atoms with Gasteiger partial charge in [0.2, 0.25) is 0 Å². The predicted octanol–water partition coefficient (Wildman–Crippen LogP) is 2.27. The highest BCUT2D eigenvalue weighted by Crippen LogP contribution is 2.38. The molecule has 0 bridgehead atoms. The number of aliphatic hydroxyl groups excluding tert-OH is 1. The number of likely N-dealkylation sites (tertiary alicyclic amines) is 1. The molecule has 3 unspecified atom stereocenters. The van der Waals surface area contributed by atoms with Crippen molar-refractivity contribution in [3.63, 3.8) is 0 Å². The summed E-state index contributed by atoms with van der Waals surface area (Å²) in [5.74, 6) is 1.34. The predicted molar refractivity (Wildman–Crippen MR) is 78.8 cm³/mol. The smallest absolute Gasteiger partial charge is 0.164 e. The van der Waals surface area contributed by atoms with Crippen LogP contribution < -0.4 is 0 Å². The molecule has 2 fully saturated rings. The van der Waals surface area contributed by atoms with Crippen molar-refractivity contribution in [2.45, 2.75) is 32.3 Å². The summed E-state index contributed by atoms with van der Waals surface area (Å²) in [5.41, 5.74) is 1.91. The first-order valence-electron chi connectivity index (χ1n) is 7.64. The third kappa shape index (κ3) is 2.65. The van der Waals surface area contributed by atoms with Crippen molar-refractivity contribution in [3.8, 4) is 0 Å². The highest BCUT2D eigenvalue weighted by Gasteiger charge is 2.41. The maximum atomic E-state index is 12.3. The first-order chi connectivity index (χ1) is 9.65. The maximum Gasteiger partial charge on any atom is 0.164 e. The monoisotopic (exact) mass is 273 g/mol. The number of hydrogen-bond donors (Lipinski definition) is 1. The van der Waals surface area contributed by atoms with Gasteiger partial charge in [-0.2, -0.15) is 0 Å². The zero-order valence-corrected chi connectivity index (χ0v) is 12.1. The molecule has 1 aliphatic heterocycles. The first-order valence-corrected chi connectivity index (χ1v) is 7.64. The molecule has 3 atom stereocenters. The SMILES string of the molecule is Cc1ccccc1C(=O)CCN1CC2CCC(O)C2C1. The van der Waals surface area contributed by atoms with Crippen LogP contribution in [-0.4, -0.2) is 41.5 Å². The number of aryl methyl sites for hydroxylation is 1. The Bertz CT molecular complexity index is 500. The van der Waals surface area contributed by atoms with Crippen molar-refractivity contribution in [3.05, 3.63) is 35.4 Å². The summed E-state index contributed by atoms with van der Waals surface area (Å²) in [6.07, 6.45) is 2.58. The van der Waals surface area contributed by atoms with Gasteiger partial charge >= 0.3 is 0 Å². The molecule has 20 heavy (non-hydrogen) atoms. The number of Topliss-reactive ketones (excluding diaryl/α,β-unsaturated/α-hetero) is 1. The number of aliphatic hydroxyl groups is 1. The van der Waals surface area contributed by atoms with Gasteiger partial charge in [-0.1, -0.05) is 24.3 Å². The van der Waals surface area contributed by atoms with E-state index in [1.807, 2.05) is 31.2 Å². The second-order valence-electron chi connectivity index (χ2n) is 6.32. The van der Waals surface area contributed by atoms with Crippen LogP contribution in [0.4, 0.5) is 0 Å². The molecule has 1 aromatic carbocycles. The number of rotatable bonds is 4. The standard InChI is InChI=1S/C17H23NO2/c1-12-4-2-3-5-14(12)17(20)8-9-18-10-13-6-7-16(19)15(13)11-18/h2-5,13,15-16,19H,6-11H2,1H3. The average Bonchev–Trinajstić information content (AvgIpc) is 2.99. The molecule has 108 valence electrons. The van der Waals surface area contributed by atoms with E-state index in [1.54, 1.807) is 0 Å². The zero-order chi connectivity index (χ0) is 14.1. The minimum Gasteiger partial charge on any atom is -0.393 e. The summed E-state index contributed by atoms with van der Waals surface area (Å²) < 4.78 is 0. The summed E-state index contributed by atoms with van der Waals surface area (Å²) in [6.45, 7) is 4.84. The van der Waals surface area contributed by atoms with Crippen LogP contribution in [0.1, 0.15) is 35.2 Å². The second kappa shape index (κ2) is 5.66.